The molecule has 2 rings (SSSR count). The molecule has 2 heteroatoms. The fourth-order valence-electron chi connectivity index (χ4n) is 2.66. The quantitative estimate of drug-likeness (QED) is 0.655. The van der Waals surface area contributed by atoms with Crippen molar-refractivity contribution in [2.24, 2.45) is 0 Å². The van der Waals surface area contributed by atoms with Gasteiger partial charge in [-0.25, -0.2) is 0 Å². The second kappa shape index (κ2) is 6.51. The first kappa shape index (κ1) is 14.5. The first-order chi connectivity index (χ1) is 9.09. The van der Waals surface area contributed by atoms with Crippen molar-refractivity contribution in [2.75, 3.05) is 0 Å². The maximum Gasteiger partial charge on any atom is 0.188 e. The summed E-state index contributed by atoms with van der Waals surface area (Å²) in [6.07, 6.45) is 9.06. The molecule has 0 radical (unpaired) electrons. The highest BCUT2D eigenvalue weighted by Crippen LogP contribution is 2.26. The van der Waals surface area contributed by atoms with Crippen LogP contribution in [0.3, 0.4) is 0 Å². The minimum Gasteiger partial charge on any atom is -0.289 e. The Morgan fingerprint density at radius 1 is 1.05 bits per heavy atom. The number of Topliss-reactive ketones (excluding diaryl/α,β-unsaturated/α-hetero) is 1. The van der Waals surface area contributed by atoms with E-state index < -0.39 is 0 Å². The van der Waals surface area contributed by atoms with Crippen LogP contribution in [0.15, 0.2) is 28.3 Å². The Morgan fingerprint density at radius 2 is 1.68 bits per heavy atom. The monoisotopic (exact) mass is 320 g/mol. The third-order valence-electron chi connectivity index (χ3n) is 3.78. The summed E-state index contributed by atoms with van der Waals surface area (Å²) in [5.74, 6) is 0.223. The van der Waals surface area contributed by atoms with Crippen LogP contribution in [-0.4, -0.2) is 5.78 Å². The summed E-state index contributed by atoms with van der Waals surface area (Å²) in [6.45, 7) is 4.08. The lowest BCUT2D eigenvalue weighted by molar-refractivity contribution is 0.102. The normalized spacial score (nSPS) is 19.2. The molecule has 1 aliphatic rings. The molecule has 0 spiro atoms. The second-order valence-electron chi connectivity index (χ2n) is 5.44. The number of allylic oxidation sites excluding steroid dienone is 2. The molecule has 0 atom stereocenters. The number of rotatable bonds is 2. The van der Waals surface area contributed by atoms with Gasteiger partial charge in [0.15, 0.2) is 5.78 Å². The third-order valence-corrected chi connectivity index (χ3v) is 5.03. The molecule has 0 unspecified atom stereocenters. The number of halogens is 1. The zero-order chi connectivity index (χ0) is 13.8. The Hall–Kier alpha value is -0.890. The van der Waals surface area contributed by atoms with Gasteiger partial charge in [-0.15, -0.1) is 0 Å². The molecular formula is C17H21BrO. The van der Waals surface area contributed by atoms with Gasteiger partial charge >= 0.3 is 0 Å². The number of hydrogen-bond donors (Lipinski definition) is 0. The lowest BCUT2D eigenvalue weighted by Crippen LogP contribution is -2.06. The van der Waals surface area contributed by atoms with E-state index in [1.165, 1.54) is 19.3 Å². The maximum absolute atomic E-state index is 12.6. The molecular weight excluding hydrogens is 300 g/mol. The molecule has 0 bridgehead atoms. The van der Waals surface area contributed by atoms with Crippen molar-refractivity contribution in [2.45, 2.75) is 52.4 Å². The zero-order valence-corrected chi connectivity index (χ0v) is 13.3. The lowest BCUT2D eigenvalue weighted by atomic mass is 9.93. The highest BCUT2D eigenvalue weighted by molar-refractivity contribution is 9.10. The van der Waals surface area contributed by atoms with Gasteiger partial charge in [0.05, 0.1) is 0 Å². The molecule has 0 heterocycles. The summed E-state index contributed by atoms with van der Waals surface area (Å²) in [5.41, 5.74) is 4.12. The van der Waals surface area contributed by atoms with E-state index in [9.17, 15) is 4.79 Å². The largest absolute Gasteiger partial charge is 0.289 e. The summed E-state index contributed by atoms with van der Waals surface area (Å²) in [5, 5.41) is 0. The summed E-state index contributed by atoms with van der Waals surface area (Å²) in [7, 11) is 0. The highest BCUT2D eigenvalue weighted by Gasteiger charge is 2.15. The van der Waals surface area contributed by atoms with Crippen molar-refractivity contribution in [3.05, 3.63) is 44.9 Å². The molecule has 0 aromatic heterocycles. The van der Waals surface area contributed by atoms with Crippen molar-refractivity contribution in [1.82, 2.24) is 0 Å². The molecule has 0 saturated heterocycles. The van der Waals surface area contributed by atoms with E-state index in [0.717, 1.165) is 46.0 Å². The van der Waals surface area contributed by atoms with Crippen LogP contribution in [0, 0.1) is 13.8 Å². The van der Waals surface area contributed by atoms with E-state index in [0.29, 0.717) is 0 Å². The number of ketones is 1. The zero-order valence-electron chi connectivity index (χ0n) is 11.8. The Kier molecular flexibility index (Phi) is 4.98. The molecule has 1 aromatic carbocycles. The van der Waals surface area contributed by atoms with Crippen LogP contribution < -0.4 is 0 Å². The van der Waals surface area contributed by atoms with E-state index in [-0.39, 0.29) is 5.78 Å². The van der Waals surface area contributed by atoms with Crippen molar-refractivity contribution < 1.29 is 4.79 Å². The molecule has 102 valence electrons. The van der Waals surface area contributed by atoms with Gasteiger partial charge in [0.2, 0.25) is 0 Å². The first-order valence-electron chi connectivity index (χ1n) is 7.10. The second-order valence-corrected chi connectivity index (χ2v) is 6.23. The SMILES string of the molecule is Cc1cc(C(=O)/C2=C/CCCCCC2)cc(C)c1Br. The molecule has 0 amide bonds. The molecule has 19 heavy (non-hydrogen) atoms. The van der Waals surface area contributed by atoms with Crippen LogP contribution in [0.5, 0.6) is 0 Å². The van der Waals surface area contributed by atoms with Crippen LogP contribution in [-0.2, 0) is 0 Å². The molecule has 1 nitrogen and oxygen atoms in total. The topological polar surface area (TPSA) is 17.1 Å². The number of carbonyl (C=O) groups is 1. The van der Waals surface area contributed by atoms with Gasteiger partial charge in [-0.05, 0) is 68.4 Å². The summed E-state index contributed by atoms with van der Waals surface area (Å²) < 4.78 is 1.11. The van der Waals surface area contributed by atoms with Gasteiger partial charge in [-0.3, -0.25) is 4.79 Å². The van der Waals surface area contributed by atoms with Gasteiger partial charge in [0, 0.05) is 10.0 Å². The van der Waals surface area contributed by atoms with Crippen LogP contribution in [0.4, 0.5) is 0 Å². The van der Waals surface area contributed by atoms with Crippen LogP contribution >= 0.6 is 15.9 Å². The lowest BCUT2D eigenvalue weighted by Gasteiger charge is -2.12. The predicted octanol–water partition coefficient (Wildman–Crippen LogP) is 5.53. The summed E-state index contributed by atoms with van der Waals surface area (Å²) in [6, 6.07) is 4.00. The van der Waals surface area contributed by atoms with Crippen molar-refractivity contribution in [1.29, 1.82) is 0 Å². The molecule has 0 aliphatic heterocycles. The van der Waals surface area contributed by atoms with E-state index in [4.69, 9.17) is 0 Å². The van der Waals surface area contributed by atoms with Crippen LogP contribution in [0.25, 0.3) is 0 Å². The highest BCUT2D eigenvalue weighted by atomic mass is 79.9. The average molecular weight is 321 g/mol. The summed E-state index contributed by atoms with van der Waals surface area (Å²) in [4.78, 5) is 12.6. The number of aryl methyl sites for hydroxylation is 2. The number of hydrogen-bond acceptors (Lipinski definition) is 1. The maximum atomic E-state index is 12.6. The Labute approximate surface area is 124 Å². The van der Waals surface area contributed by atoms with Crippen molar-refractivity contribution in [3.8, 4) is 0 Å². The smallest absolute Gasteiger partial charge is 0.188 e. The minimum absolute atomic E-state index is 0.223. The van der Waals surface area contributed by atoms with E-state index >= 15 is 0 Å². The summed E-state index contributed by atoms with van der Waals surface area (Å²) >= 11 is 3.56. The van der Waals surface area contributed by atoms with Gasteiger partial charge in [-0.1, -0.05) is 34.8 Å². The first-order valence-corrected chi connectivity index (χ1v) is 7.89. The van der Waals surface area contributed by atoms with Gasteiger partial charge < -0.3 is 0 Å². The van der Waals surface area contributed by atoms with Gasteiger partial charge in [-0.2, -0.15) is 0 Å². The standard InChI is InChI=1S/C17H21BrO/c1-12-10-15(11-13(2)16(12)18)17(19)14-8-6-4-3-5-7-9-14/h8,10-11H,3-7,9H2,1-2H3/b14-8+. The number of benzene rings is 1. The molecule has 1 aromatic rings. The molecule has 1 aliphatic carbocycles. The van der Waals surface area contributed by atoms with Crippen LogP contribution in [0.2, 0.25) is 0 Å². The Balaban J connectivity index is 2.27. The number of carbonyl (C=O) groups excluding carboxylic acids is 1. The fourth-order valence-corrected chi connectivity index (χ4v) is 2.89. The van der Waals surface area contributed by atoms with Crippen molar-refractivity contribution >= 4 is 21.7 Å². The van der Waals surface area contributed by atoms with Crippen LogP contribution in [0.1, 0.15) is 60.0 Å². The molecule has 0 saturated carbocycles. The Morgan fingerprint density at radius 3 is 2.37 bits per heavy atom. The molecule has 0 N–H and O–H groups in total. The van der Waals surface area contributed by atoms with Gasteiger partial charge in [0.25, 0.3) is 0 Å². The van der Waals surface area contributed by atoms with Gasteiger partial charge in [0.1, 0.15) is 0 Å². The van der Waals surface area contributed by atoms with Crippen molar-refractivity contribution in [3.63, 3.8) is 0 Å². The molecule has 0 fully saturated rings. The minimum atomic E-state index is 0.223. The fraction of sp³-hybridized carbons (Fsp3) is 0.471. The van der Waals surface area contributed by atoms with E-state index in [1.807, 2.05) is 26.0 Å². The Bertz CT molecular complexity index is 491. The predicted molar refractivity (Wildman–Crippen MR) is 83.7 cm³/mol. The average Bonchev–Trinajstić information content (AvgIpc) is 2.34. The third kappa shape index (κ3) is 3.56. The van der Waals surface area contributed by atoms with E-state index in [1.54, 1.807) is 0 Å². The van der Waals surface area contributed by atoms with E-state index in [2.05, 4.69) is 22.0 Å².